The number of hydrogen-bond acceptors (Lipinski definition) is 5. The molecule has 3 aromatic rings. The number of para-hydroxylation sites is 1. The van der Waals surface area contributed by atoms with Crippen LogP contribution in [-0.2, 0) is 6.42 Å². The molecular formula is C20H27N7O. The molecule has 0 aliphatic rings. The molecule has 0 fully saturated rings. The van der Waals surface area contributed by atoms with Crippen molar-refractivity contribution in [3.05, 3.63) is 41.3 Å². The second-order valence-corrected chi connectivity index (χ2v) is 6.54. The van der Waals surface area contributed by atoms with Gasteiger partial charge >= 0.3 is 6.03 Å². The number of fused-ring (bicyclic) bond motifs is 1. The van der Waals surface area contributed by atoms with E-state index in [0.717, 1.165) is 46.0 Å². The maximum absolute atomic E-state index is 11.5. The predicted molar refractivity (Wildman–Crippen MR) is 111 cm³/mol. The minimum Gasteiger partial charge on any atom is -0.368 e. The number of nitrogens with zero attached hydrogens (tertiary/aromatic N) is 4. The van der Waals surface area contributed by atoms with Crippen LogP contribution in [0.4, 0.5) is 10.6 Å². The molecule has 0 radical (unpaired) electrons. The van der Waals surface area contributed by atoms with E-state index in [9.17, 15) is 4.79 Å². The third kappa shape index (κ3) is 4.05. The van der Waals surface area contributed by atoms with E-state index in [1.807, 2.05) is 43.7 Å². The van der Waals surface area contributed by atoms with E-state index >= 15 is 0 Å². The van der Waals surface area contributed by atoms with Crippen LogP contribution in [0, 0.1) is 13.8 Å². The van der Waals surface area contributed by atoms with Crippen LogP contribution in [0.1, 0.15) is 30.9 Å². The lowest BCUT2D eigenvalue weighted by Gasteiger charge is -2.11. The van der Waals surface area contributed by atoms with Crippen LogP contribution in [0.5, 0.6) is 0 Å². The van der Waals surface area contributed by atoms with E-state index in [2.05, 4.69) is 33.9 Å². The number of hydrogen-bond donors (Lipinski definition) is 3. The van der Waals surface area contributed by atoms with Crippen LogP contribution >= 0.6 is 0 Å². The molecule has 3 rings (SSSR count). The quantitative estimate of drug-likeness (QED) is 0.547. The summed E-state index contributed by atoms with van der Waals surface area (Å²) in [6, 6.07) is 7.94. The fraction of sp³-hybridized carbons (Fsp3) is 0.400. The summed E-state index contributed by atoms with van der Waals surface area (Å²) in [7, 11) is 0. The number of benzene rings is 1. The summed E-state index contributed by atoms with van der Waals surface area (Å²) in [5.41, 5.74) is 3.78. The molecule has 0 aliphatic heterocycles. The van der Waals surface area contributed by atoms with Crippen molar-refractivity contribution in [3.8, 4) is 5.69 Å². The van der Waals surface area contributed by atoms with Crippen LogP contribution in [0.3, 0.4) is 0 Å². The number of rotatable bonds is 7. The number of nitrogens with one attached hydrogen (secondary N) is 3. The Bertz CT molecular complexity index is 980. The highest BCUT2D eigenvalue weighted by molar-refractivity contribution is 5.90. The van der Waals surface area contributed by atoms with Crippen LogP contribution in [0.15, 0.2) is 24.3 Å². The van der Waals surface area contributed by atoms with Gasteiger partial charge in [0, 0.05) is 26.1 Å². The molecule has 28 heavy (non-hydrogen) atoms. The first-order chi connectivity index (χ1) is 13.5. The van der Waals surface area contributed by atoms with E-state index in [1.54, 1.807) is 0 Å². The molecule has 8 nitrogen and oxygen atoms in total. The van der Waals surface area contributed by atoms with Gasteiger partial charge in [0.2, 0.25) is 0 Å². The minimum atomic E-state index is -0.171. The van der Waals surface area contributed by atoms with Gasteiger partial charge in [-0.25, -0.2) is 19.4 Å². The van der Waals surface area contributed by atoms with Crippen molar-refractivity contribution < 1.29 is 4.79 Å². The molecule has 1 aromatic carbocycles. The van der Waals surface area contributed by atoms with Gasteiger partial charge in [-0.1, -0.05) is 25.1 Å². The van der Waals surface area contributed by atoms with Crippen molar-refractivity contribution in [2.75, 3.05) is 25.0 Å². The molecule has 0 saturated heterocycles. The lowest BCUT2D eigenvalue weighted by atomic mass is 10.2. The van der Waals surface area contributed by atoms with Crippen molar-refractivity contribution in [3.63, 3.8) is 0 Å². The van der Waals surface area contributed by atoms with Gasteiger partial charge in [0.1, 0.15) is 11.6 Å². The average molecular weight is 381 g/mol. The van der Waals surface area contributed by atoms with Gasteiger partial charge in [-0.2, -0.15) is 5.10 Å². The fourth-order valence-corrected chi connectivity index (χ4v) is 3.06. The van der Waals surface area contributed by atoms with Crippen LogP contribution < -0.4 is 16.0 Å². The molecule has 8 heteroatoms. The van der Waals surface area contributed by atoms with Gasteiger partial charge < -0.3 is 16.0 Å². The summed E-state index contributed by atoms with van der Waals surface area (Å²) < 4.78 is 1.89. The topological polar surface area (TPSA) is 96.8 Å². The molecule has 0 aliphatic carbocycles. The van der Waals surface area contributed by atoms with Crippen molar-refractivity contribution in [2.45, 2.75) is 34.1 Å². The third-order valence-corrected chi connectivity index (χ3v) is 4.45. The van der Waals surface area contributed by atoms with E-state index in [-0.39, 0.29) is 6.03 Å². The van der Waals surface area contributed by atoms with Gasteiger partial charge in [-0.3, -0.25) is 0 Å². The first kappa shape index (κ1) is 19.6. The monoisotopic (exact) mass is 381 g/mol. The number of anilines is 1. The van der Waals surface area contributed by atoms with Crippen LogP contribution in [-0.4, -0.2) is 45.4 Å². The Labute approximate surface area is 164 Å². The molecule has 0 unspecified atom stereocenters. The molecule has 0 atom stereocenters. The standard InChI is InChI=1S/C20H27N7O/c1-5-16-24-18(22-11-12-23-20(28)21-6-2)17-14(4)26-27(19(17)25-16)15-10-8-7-9-13(15)3/h7-10H,5-6,11-12H2,1-4H3,(H2,21,23,28)(H,22,24,25). The van der Waals surface area contributed by atoms with Crippen molar-refractivity contribution in [1.82, 2.24) is 30.4 Å². The Morgan fingerprint density at radius 2 is 1.86 bits per heavy atom. The molecule has 2 heterocycles. The Hall–Kier alpha value is -3.16. The third-order valence-electron chi connectivity index (χ3n) is 4.45. The summed E-state index contributed by atoms with van der Waals surface area (Å²) >= 11 is 0. The summed E-state index contributed by atoms with van der Waals surface area (Å²) in [5, 5.41) is 14.5. The number of carbonyl (C=O) groups excluding carboxylic acids is 1. The second-order valence-electron chi connectivity index (χ2n) is 6.54. The minimum absolute atomic E-state index is 0.171. The highest BCUT2D eigenvalue weighted by Crippen LogP contribution is 2.27. The number of urea groups is 1. The Balaban J connectivity index is 1.93. The number of amides is 2. The van der Waals surface area contributed by atoms with Gasteiger partial charge in [0.15, 0.2) is 5.65 Å². The van der Waals surface area contributed by atoms with Gasteiger partial charge in [0.05, 0.1) is 16.8 Å². The lowest BCUT2D eigenvalue weighted by Crippen LogP contribution is -2.37. The second kappa shape index (κ2) is 8.69. The Kier molecular flexibility index (Phi) is 6.08. The summed E-state index contributed by atoms with van der Waals surface area (Å²) in [6.07, 6.45) is 0.722. The highest BCUT2D eigenvalue weighted by atomic mass is 16.2. The highest BCUT2D eigenvalue weighted by Gasteiger charge is 2.17. The zero-order valence-electron chi connectivity index (χ0n) is 16.8. The van der Waals surface area contributed by atoms with E-state index < -0.39 is 0 Å². The lowest BCUT2D eigenvalue weighted by molar-refractivity contribution is 0.242. The van der Waals surface area contributed by atoms with Gasteiger partial charge in [-0.15, -0.1) is 0 Å². The van der Waals surface area contributed by atoms with E-state index in [4.69, 9.17) is 10.1 Å². The molecule has 148 valence electrons. The first-order valence-electron chi connectivity index (χ1n) is 9.63. The summed E-state index contributed by atoms with van der Waals surface area (Å²) in [6.45, 7) is 9.59. The SMILES string of the molecule is CCNC(=O)NCCNc1nc(CC)nc2c1c(C)nn2-c1ccccc1C. The number of aryl methyl sites for hydroxylation is 3. The predicted octanol–water partition coefficient (Wildman–Crippen LogP) is 2.73. The summed E-state index contributed by atoms with van der Waals surface area (Å²) in [5.74, 6) is 1.50. The first-order valence-corrected chi connectivity index (χ1v) is 9.63. The smallest absolute Gasteiger partial charge is 0.314 e. The zero-order chi connectivity index (χ0) is 20.1. The number of aromatic nitrogens is 4. The van der Waals surface area contributed by atoms with Crippen molar-refractivity contribution in [1.29, 1.82) is 0 Å². The molecule has 0 spiro atoms. The zero-order valence-corrected chi connectivity index (χ0v) is 16.8. The Morgan fingerprint density at radius 3 is 2.57 bits per heavy atom. The molecular weight excluding hydrogens is 354 g/mol. The van der Waals surface area contributed by atoms with Crippen LogP contribution in [0.25, 0.3) is 16.7 Å². The average Bonchev–Trinajstić information content (AvgIpc) is 3.02. The molecule has 3 N–H and O–H groups in total. The van der Waals surface area contributed by atoms with Gasteiger partial charge in [-0.05, 0) is 32.4 Å². The van der Waals surface area contributed by atoms with Crippen LogP contribution in [0.2, 0.25) is 0 Å². The molecule has 0 saturated carbocycles. The fourth-order valence-electron chi connectivity index (χ4n) is 3.06. The maximum atomic E-state index is 11.5. The van der Waals surface area contributed by atoms with Crippen molar-refractivity contribution in [2.24, 2.45) is 0 Å². The maximum Gasteiger partial charge on any atom is 0.314 e. The molecule has 2 aromatic heterocycles. The summed E-state index contributed by atoms with van der Waals surface area (Å²) in [4.78, 5) is 20.9. The largest absolute Gasteiger partial charge is 0.368 e. The number of carbonyl (C=O) groups is 1. The Morgan fingerprint density at radius 1 is 1.07 bits per heavy atom. The van der Waals surface area contributed by atoms with E-state index in [0.29, 0.717) is 19.6 Å². The van der Waals surface area contributed by atoms with Gasteiger partial charge in [0.25, 0.3) is 0 Å². The normalized spacial score (nSPS) is 10.9. The molecule has 0 bridgehead atoms. The molecule has 2 amide bonds. The van der Waals surface area contributed by atoms with E-state index in [1.165, 1.54) is 0 Å². The van der Waals surface area contributed by atoms with Crippen molar-refractivity contribution >= 4 is 22.9 Å².